The SMILES string of the molecule is C=CCON=C(C(=O)NC1C(=O)N2C(C(=O)OCOC(=O)C(C)(C)C)=C(CSc3nnnn3CCN)CS[C@@H]12)c1nsc(N)n1. The van der Waals surface area contributed by atoms with Crippen LogP contribution in [0.15, 0.2) is 34.2 Å². The Labute approximate surface area is 269 Å². The van der Waals surface area contributed by atoms with Gasteiger partial charge in [-0.3, -0.25) is 19.3 Å². The predicted molar refractivity (Wildman–Crippen MR) is 163 cm³/mol. The van der Waals surface area contributed by atoms with Crippen molar-refractivity contribution in [2.24, 2.45) is 16.3 Å². The van der Waals surface area contributed by atoms with Gasteiger partial charge in [-0.05, 0) is 36.8 Å². The number of thioether (sulfide) groups is 2. The lowest BCUT2D eigenvalue weighted by atomic mass is 9.98. The van der Waals surface area contributed by atoms with E-state index in [4.69, 9.17) is 25.8 Å². The molecule has 1 fully saturated rings. The molecule has 2 aliphatic rings. The van der Waals surface area contributed by atoms with Gasteiger partial charge >= 0.3 is 11.9 Å². The standard InChI is InChI=1S/C24H31N11O7S3/c1-5-8-42-30-13(16-28-22(26)45-31-16)17(36)27-14-18(37)35-15(20(38)40-11-41-21(39)24(2,3)4)12(9-43-19(14)35)10-44-23-29-32-33-34(23)7-6-25/h5,14,19H,1,6-11,25H2,2-4H3,(H,27,36)(H2,26,28,31)/t14?,19-/m0/s1. The normalized spacial score (nSPS) is 18.2. The highest BCUT2D eigenvalue weighted by Gasteiger charge is 2.55. The molecule has 2 aliphatic heterocycles. The topological polar surface area (TPSA) is 245 Å². The van der Waals surface area contributed by atoms with Crippen molar-refractivity contribution < 1.29 is 33.5 Å². The first-order valence-corrected chi connectivity index (χ1v) is 16.1. The van der Waals surface area contributed by atoms with Crippen LogP contribution < -0.4 is 16.8 Å². The molecule has 2 aromatic heterocycles. The zero-order valence-corrected chi connectivity index (χ0v) is 26.9. The van der Waals surface area contributed by atoms with Crippen molar-refractivity contribution in [3.63, 3.8) is 0 Å². The van der Waals surface area contributed by atoms with Crippen LogP contribution in [0.2, 0.25) is 0 Å². The number of oxime groups is 1. The van der Waals surface area contributed by atoms with Crippen molar-refractivity contribution in [2.45, 2.75) is 43.9 Å². The summed E-state index contributed by atoms with van der Waals surface area (Å²) in [4.78, 5) is 62.6. The van der Waals surface area contributed by atoms with E-state index in [2.05, 4.69) is 41.9 Å². The number of tetrazole rings is 1. The van der Waals surface area contributed by atoms with Gasteiger partial charge in [0.15, 0.2) is 5.13 Å². The van der Waals surface area contributed by atoms with Gasteiger partial charge in [-0.25, -0.2) is 9.48 Å². The molecule has 2 atom stereocenters. The molecule has 18 nitrogen and oxygen atoms in total. The average Bonchev–Trinajstić information content (AvgIpc) is 3.64. The smallest absolute Gasteiger partial charge is 0.357 e. The van der Waals surface area contributed by atoms with Gasteiger partial charge in [0, 0.05) is 29.6 Å². The number of ether oxygens (including phenoxy) is 2. The number of anilines is 1. The van der Waals surface area contributed by atoms with Crippen LogP contribution >= 0.6 is 35.1 Å². The van der Waals surface area contributed by atoms with E-state index in [9.17, 15) is 19.2 Å². The molecule has 1 saturated heterocycles. The Morgan fingerprint density at radius 3 is 2.73 bits per heavy atom. The maximum absolute atomic E-state index is 13.5. The van der Waals surface area contributed by atoms with E-state index >= 15 is 0 Å². The first-order chi connectivity index (χ1) is 21.5. The van der Waals surface area contributed by atoms with Gasteiger partial charge < -0.3 is 31.1 Å². The lowest BCUT2D eigenvalue weighted by Gasteiger charge is -2.49. The molecule has 0 saturated carbocycles. The highest BCUT2D eigenvalue weighted by atomic mass is 32.2. The van der Waals surface area contributed by atoms with E-state index in [-0.39, 0.29) is 34.7 Å². The molecule has 21 heteroatoms. The summed E-state index contributed by atoms with van der Waals surface area (Å²) in [6.07, 6.45) is 1.43. The lowest BCUT2D eigenvalue weighted by molar-refractivity contribution is -0.173. The zero-order valence-electron chi connectivity index (χ0n) is 24.5. The van der Waals surface area contributed by atoms with Gasteiger partial charge in [0.25, 0.3) is 11.8 Å². The molecule has 1 unspecified atom stereocenters. The second-order valence-electron chi connectivity index (χ2n) is 10.3. The monoisotopic (exact) mass is 681 g/mol. The Bertz CT molecular complexity index is 1520. The van der Waals surface area contributed by atoms with Gasteiger partial charge in [0.1, 0.15) is 23.7 Å². The van der Waals surface area contributed by atoms with Crippen LogP contribution in [0.25, 0.3) is 0 Å². The minimum atomic E-state index is -1.03. The van der Waals surface area contributed by atoms with Crippen molar-refractivity contribution in [1.82, 2.24) is 39.8 Å². The van der Waals surface area contributed by atoms with E-state index in [1.807, 2.05) is 0 Å². The Kier molecular flexibility index (Phi) is 11.1. The van der Waals surface area contributed by atoms with E-state index < -0.39 is 47.4 Å². The minimum Gasteiger partial charge on any atom is -0.427 e. The van der Waals surface area contributed by atoms with Crippen molar-refractivity contribution in [3.05, 3.63) is 29.7 Å². The molecular formula is C24H31N11O7S3. The minimum absolute atomic E-state index is 0.00568. The van der Waals surface area contributed by atoms with Gasteiger partial charge in [0.2, 0.25) is 23.5 Å². The fourth-order valence-corrected chi connectivity index (χ4v) is 6.62. The number of nitrogens with one attached hydrogen (secondary N) is 1. The summed E-state index contributed by atoms with van der Waals surface area (Å²) in [5, 5.41) is 17.9. The third-order valence-corrected chi connectivity index (χ3v) is 8.88. The number of nitrogen functional groups attached to an aromatic ring is 1. The summed E-state index contributed by atoms with van der Waals surface area (Å²) in [5.41, 5.74) is 10.7. The van der Waals surface area contributed by atoms with Crippen molar-refractivity contribution in [2.75, 3.05) is 37.2 Å². The fourth-order valence-electron chi connectivity index (χ4n) is 3.80. The van der Waals surface area contributed by atoms with Crippen molar-refractivity contribution >= 4 is 69.7 Å². The maximum atomic E-state index is 13.5. The molecule has 2 amide bonds. The Hall–Kier alpha value is -4.08. The summed E-state index contributed by atoms with van der Waals surface area (Å²) in [7, 11) is 0. The van der Waals surface area contributed by atoms with E-state index in [1.165, 1.54) is 39.2 Å². The zero-order chi connectivity index (χ0) is 32.7. The second kappa shape index (κ2) is 14.8. The molecule has 242 valence electrons. The first-order valence-electron chi connectivity index (χ1n) is 13.3. The summed E-state index contributed by atoms with van der Waals surface area (Å²) in [6, 6.07) is -1.03. The Morgan fingerprint density at radius 1 is 1.29 bits per heavy atom. The van der Waals surface area contributed by atoms with Crippen molar-refractivity contribution in [3.8, 4) is 0 Å². The van der Waals surface area contributed by atoms with E-state index in [0.717, 1.165) is 11.5 Å². The number of hydrogen-bond acceptors (Lipinski definition) is 18. The first kappa shape index (κ1) is 33.8. The molecule has 45 heavy (non-hydrogen) atoms. The summed E-state index contributed by atoms with van der Waals surface area (Å²) >= 11 is 3.43. The number of carbonyl (C=O) groups is 4. The molecule has 5 N–H and O–H groups in total. The van der Waals surface area contributed by atoms with Crippen LogP contribution in [0.1, 0.15) is 26.6 Å². The van der Waals surface area contributed by atoms with Crippen LogP contribution in [0.5, 0.6) is 0 Å². The molecule has 4 rings (SSSR count). The number of β-lactam (4-membered cyclic amide) rings is 1. The summed E-state index contributed by atoms with van der Waals surface area (Å²) < 4.78 is 15.9. The predicted octanol–water partition coefficient (Wildman–Crippen LogP) is -0.491. The number of esters is 2. The number of fused-ring (bicyclic) bond motifs is 1. The highest BCUT2D eigenvalue weighted by molar-refractivity contribution is 8.01. The number of nitrogens with zero attached hydrogens (tertiary/aromatic N) is 8. The lowest BCUT2D eigenvalue weighted by Crippen LogP contribution is -2.71. The highest BCUT2D eigenvalue weighted by Crippen LogP contribution is 2.42. The fraction of sp³-hybridized carbons (Fsp3) is 0.500. The largest absolute Gasteiger partial charge is 0.427 e. The number of amides is 2. The molecule has 0 spiro atoms. The Morgan fingerprint density at radius 2 is 2.07 bits per heavy atom. The molecule has 0 radical (unpaired) electrons. The van der Waals surface area contributed by atoms with Crippen LogP contribution in [-0.4, -0.2) is 107 Å². The van der Waals surface area contributed by atoms with Gasteiger partial charge in [-0.1, -0.05) is 29.6 Å². The number of rotatable bonds is 14. The van der Waals surface area contributed by atoms with Crippen LogP contribution in [-0.2, 0) is 40.0 Å². The number of hydrogen-bond donors (Lipinski definition) is 3. The van der Waals surface area contributed by atoms with E-state index in [0.29, 0.717) is 29.6 Å². The average molecular weight is 682 g/mol. The number of nitrogens with two attached hydrogens (primary N) is 2. The third-order valence-electron chi connectivity index (χ3n) is 5.95. The molecule has 0 aliphatic carbocycles. The van der Waals surface area contributed by atoms with Crippen molar-refractivity contribution in [1.29, 1.82) is 0 Å². The number of carbonyl (C=O) groups excluding carboxylic acids is 4. The van der Waals surface area contributed by atoms with Crippen LogP contribution in [0.3, 0.4) is 0 Å². The molecular weight excluding hydrogens is 651 g/mol. The van der Waals surface area contributed by atoms with Gasteiger partial charge in [-0.2, -0.15) is 9.36 Å². The van der Waals surface area contributed by atoms with Crippen LogP contribution in [0, 0.1) is 5.41 Å². The van der Waals surface area contributed by atoms with Crippen LogP contribution in [0.4, 0.5) is 5.13 Å². The summed E-state index contributed by atoms with van der Waals surface area (Å²) in [5.74, 6) is -2.36. The van der Waals surface area contributed by atoms with Gasteiger partial charge in [-0.15, -0.1) is 16.9 Å². The third kappa shape index (κ3) is 7.96. The second-order valence-corrected chi connectivity index (χ2v) is 13.1. The molecule has 0 bridgehead atoms. The summed E-state index contributed by atoms with van der Waals surface area (Å²) in [6.45, 7) is 8.56. The van der Waals surface area contributed by atoms with Gasteiger partial charge in [0.05, 0.1) is 12.0 Å². The molecule has 0 aromatic carbocycles. The Balaban J connectivity index is 1.53. The van der Waals surface area contributed by atoms with E-state index in [1.54, 1.807) is 20.8 Å². The quantitative estimate of drug-likeness (QED) is 0.0333. The maximum Gasteiger partial charge on any atom is 0.357 e. The number of aromatic nitrogens is 6. The molecule has 2 aromatic rings. The molecule has 4 heterocycles.